The molecule has 1 aromatic heterocycles. The monoisotopic (exact) mass is 254 g/mol. The first-order valence-electron chi connectivity index (χ1n) is 6.50. The Morgan fingerprint density at radius 3 is 2.72 bits per heavy atom. The van der Waals surface area contributed by atoms with Crippen molar-refractivity contribution >= 4 is 0 Å². The number of nitrogens with zero attached hydrogens (tertiary/aromatic N) is 1. The molecular formula is C13H22N2O3. The quantitative estimate of drug-likeness (QED) is 0.778. The zero-order valence-electron chi connectivity index (χ0n) is 10.9. The third-order valence-electron chi connectivity index (χ3n) is 3.13. The molecule has 0 aromatic carbocycles. The van der Waals surface area contributed by atoms with Crippen LogP contribution in [0.3, 0.4) is 0 Å². The van der Waals surface area contributed by atoms with Gasteiger partial charge >= 0.3 is 0 Å². The molecule has 0 aliphatic carbocycles. The van der Waals surface area contributed by atoms with Crippen LogP contribution in [0.15, 0.2) is 16.5 Å². The van der Waals surface area contributed by atoms with E-state index in [4.69, 9.17) is 14.3 Å². The van der Waals surface area contributed by atoms with Crippen LogP contribution in [0, 0.1) is 0 Å². The first-order valence-corrected chi connectivity index (χ1v) is 6.50. The van der Waals surface area contributed by atoms with Crippen molar-refractivity contribution in [2.45, 2.75) is 26.1 Å². The average Bonchev–Trinajstić information content (AvgIpc) is 2.85. The van der Waals surface area contributed by atoms with Crippen LogP contribution in [0.2, 0.25) is 0 Å². The topological polar surface area (TPSA) is 57.9 Å². The van der Waals surface area contributed by atoms with Gasteiger partial charge in [-0.3, -0.25) is 4.90 Å². The van der Waals surface area contributed by atoms with Gasteiger partial charge in [0.15, 0.2) is 0 Å². The summed E-state index contributed by atoms with van der Waals surface area (Å²) in [5.74, 6) is 1.49. The van der Waals surface area contributed by atoms with Gasteiger partial charge in [-0.2, -0.15) is 0 Å². The number of rotatable bonds is 6. The maximum absolute atomic E-state index is 8.91. The van der Waals surface area contributed by atoms with Crippen LogP contribution in [0.25, 0.3) is 0 Å². The number of hydrogen-bond acceptors (Lipinski definition) is 5. The van der Waals surface area contributed by atoms with E-state index in [0.29, 0.717) is 18.3 Å². The molecule has 18 heavy (non-hydrogen) atoms. The summed E-state index contributed by atoms with van der Waals surface area (Å²) in [6, 6.07) is 4.12. The molecule has 2 rings (SSSR count). The zero-order valence-corrected chi connectivity index (χ0v) is 10.9. The third kappa shape index (κ3) is 4.10. The highest BCUT2D eigenvalue weighted by Crippen LogP contribution is 2.07. The molecule has 1 saturated heterocycles. The summed E-state index contributed by atoms with van der Waals surface area (Å²) in [5, 5.41) is 12.3. The first kappa shape index (κ1) is 13.5. The molecule has 0 radical (unpaired) electrons. The average molecular weight is 254 g/mol. The number of hydrogen-bond donors (Lipinski definition) is 2. The molecule has 1 aliphatic heterocycles. The van der Waals surface area contributed by atoms with E-state index >= 15 is 0 Å². The van der Waals surface area contributed by atoms with Crippen molar-refractivity contribution in [3.05, 3.63) is 23.7 Å². The minimum atomic E-state index is -0.0384. The Morgan fingerprint density at radius 2 is 2.06 bits per heavy atom. The minimum absolute atomic E-state index is 0.0384. The van der Waals surface area contributed by atoms with Gasteiger partial charge in [0.25, 0.3) is 0 Å². The molecule has 1 aromatic rings. The van der Waals surface area contributed by atoms with E-state index in [1.54, 1.807) is 0 Å². The molecule has 0 amide bonds. The maximum Gasteiger partial charge on any atom is 0.129 e. The summed E-state index contributed by atoms with van der Waals surface area (Å²) in [4.78, 5) is 2.41. The van der Waals surface area contributed by atoms with E-state index in [1.165, 1.54) is 0 Å². The number of aliphatic hydroxyl groups excluding tert-OH is 1. The third-order valence-corrected chi connectivity index (χ3v) is 3.13. The molecular weight excluding hydrogens is 232 g/mol. The number of morpholine rings is 1. The first-order chi connectivity index (χ1) is 8.78. The van der Waals surface area contributed by atoms with Crippen LogP contribution >= 0.6 is 0 Å². The van der Waals surface area contributed by atoms with E-state index < -0.39 is 0 Å². The Labute approximate surface area is 108 Å². The summed E-state index contributed by atoms with van der Waals surface area (Å²) in [6.07, 6.45) is 0. The Hall–Kier alpha value is -0.880. The summed E-state index contributed by atoms with van der Waals surface area (Å²) in [6.45, 7) is 7.56. The predicted molar refractivity (Wildman–Crippen MR) is 68.2 cm³/mol. The summed E-state index contributed by atoms with van der Waals surface area (Å²) in [7, 11) is 0. The standard InChI is InChI=1S/C13H22N2O3/c1-11(9-15-4-6-17-7-5-15)14-8-12-2-3-13(10-16)18-12/h2-3,11,14,16H,4-10H2,1H3. The van der Waals surface area contributed by atoms with Crippen LogP contribution < -0.4 is 5.32 Å². The fourth-order valence-electron chi connectivity index (χ4n) is 2.11. The van der Waals surface area contributed by atoms with Crippen LogP contribution in [-0.4, -0.2) is 48.9 Å². The van der Waals surface area contributed by atoms with Crippen molar-refractivity contribution in [1.82, 2.24) is 10.2 Å². The van der Waals surface area contributed by atoms with Gasteiger partial charge in [0, 0.05) is 25.7 Å². The molecule has 0 saturated carbocycles. The molecule has 102 valence electrons. The SMILES string of the molecule is CC(CN1CCOCC1)NCc1ccc(CO)o1. The molecule has 5 nitrogen and oxygen atoms in total. The highest BCUT2D eigenvalue weighted by Gasteiger charge is 2.13. The summed E-state index contributed by atoms with van der Waals surface area (Å²) < 4.78 is 10.8. The van der Waals surface area contributed by atoms with Crippen LogP contribution in [0.5, 0.6) is 0 Å². The lowest BCUT2D eigenvalue weighted by Crippen LogP contribution is -2.44. The van der Waals surface area contributed by atoms with Crippen LogP contribution in [0.4, 0.5) is 0 Å². The Balaban J connectivity index is 1.68. The van der Waals surface area contributed by atoms with Crippen molar-refractivity contribution in [3.8, 4) is 0 Å². The molecule has 0 spiro atoms. The molecule has 0 bridgehead atoms. The van der Waals surface area contributed by atoms with Crippen molar-refractivity contribution in [2.75, 3.05) is 32.8 Å². The van der Waals surface area contributed by atoms with Gasteiger partial charge < -0.3 is 19.6 Å². The zero-order chi connectivity index (χ0) is 12.8. The molecule has 1 atom stereocenters. The second-order valence-electron chi connectivity index (χ2n) is 4.72. The van der Waals surface area contributed by atoms with Crippen molar-refractivity contribution in [2.24, 2.45) is 0 Å². The fourth-order valence-corrected chi connectivity index (χ4v) is 2.11. The van der Waals surface area contributed by atoms with Gasteiger partial charge in [0.05, 0.1) is 19.8 Å². The van der Waals surface area contributed by atoms with Gasteiger partial charge in [-0.1, -0.05) is 0 Å². The maximum atomic E-state index is 8.91. The second kappa shape index (κ2) is 6.89. The molecule has 5 heteroatoms. The molecule has 2 heterocycles. The van der Waals surface area contributed by atoms with Gasteiger partial charge in [0.2, 0.25) is 0 Å². The van der Waals surface area contributed by atoms with E-state index in [1.807, 2.05) is 12.1 Å². The molecule has 1 aliphatic rings. The van der Waals surface area contributed by atoms with Gasteiger partial charge in [0.1, 0.15) is 18.1 Å². The van der Waals surface area contributed by atoms with Crippen LogP contribution in [0.1, 0.15) is 18.4 Å². The van der Waals surface area contributed by atoms with E-state index in [0.717, 1.165) is 38.6 Å². The predicted octanol–water partition coefficient (Wildman–Crippen LogP) is 0.582. The molecule has 2 N–H and O–H groups in total. The van der Waals surface area contributed by atoms with Gasteiger partial charge in [-0.05, 0) is 19.1 Å². The lowest BCUT2D eigenvalue weighted by Gasteiger charge is -2.29. The Kier molecular flexibility index (Phi) is 5.19. The summed E-state index contributed by atoms with van der Waals surface area (Å²) in [5.41, 5.74) is 0. The largest absolute Gasteiger partial charge is 0.462 e. The van der Waals surface area contributed by atoms with Crippen molar-refractivity contribution in [3.63, 3.8) is 0 Å². The number of ether oxygens (including phenoxy) is 1. The minimum Gasteiger partial charge on any atom is -0.462 e. The second-order valence-corrected chi connectivity index (χ2v) is 4.72. The number of aliphatic hydroxyl groups is 1. The van der Waals surface area contributed by atoms with E-state index in [-0.39, 0.29) is 6.61 Å². The lowest BCUT2D eigenvalue weighted by atomic mass is 10.2. The Bertz CT molecular complexity index is 348. The highest BCUT2D eigenvalue weighted by molar-refractivity contribution is 5.06. The normalized spacial score (nSPS) is 19.0. The van der Waals surface area contributed by atoms with E-state index in [9.17, 15) is 0 Å². The van der Waals surface area contributed by atoms with Gasteiger partial charge in [-0.25, -0.2) is 0 Å². The van der Waals surface area contributed by atoms with E-state index in [2.05, 4.69) is 17.1 Å². The number of furan rings is 1. The van der Waals surface area contributed by atoms with Crippen LogP contribution in [-0.2, 0) is 17.9 Å². The Morgan fingerprint density at radius 1 is 1.33 bits per heavy atom. The van der Waals surface area contributed by atoms with Crippen molar-refractivity contribution in [1.29, 1.82) is 0 Å². The van der Waals surface area contributed by atoms with Gasteiger partial charge in [-0.15, -0.1) is 0 Å². The summed E-state index contributed by atoms with van der Waals surface area (Å²) >= 11 is 0. The number of nitrogens with one attached hydrogen (secondary N) is 1. The molecule has 1 fully saturated rings. The lowest BCUT2D eigenvalue weighted by molar-refractivity contribution is 0.0342. The molecule has 1 unspecified atom stereocenters. The highest BCUT2D eigenvalue weighted by atomic mass is 16.5. The van der Waals surface area contributed by atoms with Crippen molar-refractivity contribution < 1.29 is 14.3 Å². The fraction of sp³-hybridized carbons (Fsp3) is 0.692. The smallest absolute Gasteiger partial charge is 0.129 e.